The summed E-state index contributed by atoms with van der Waals surface area (Å²) in [7, 11) is 0. The van der Waals surface area contributed by atoms with Crippen LogP contribution in [0.1, 0.15) is 45.2 Å². The van der Waals surface area contributed by atoms with Gasteiger partial charge < -0.3 is 14.3 Å². The third-order valence-corrected chi connectivity index (χ3v) is 3.40. The van der Waals surface area contributed by atoms with Gasteiger partial charge in [-0.2, -0.15) is 0 Å². The molecule has 0 aliphatic heterocycles. The summed E-state index contributed by atoms with van der Waals surface area (Å²) in [4.78, 5) is 5.29. The summed E-state index contributed by atoms with van der Waals surface area (Å²) in [5.74, 6) is 1.67. The van der Waals surface area contributed by atoms with Crippen LogP contribution >= 0.6 is 23.2 Å². The van der Waals surface area contributed by atoms with E-state index in [1.807, 2.05) is 39.8 Å². The molecule has 0 atom stereocenters. The smallest absolute Gasteiger partial charge is 0.129 e. The van der Waals surface area contributed by atoms with Crippen molar-refractivity contribution in [2.24, 2.45) is 5.16 Å². The molecule has 0 unspecified atom stereocenters. The van der Waals surface area contributed by atoms with Gasteiger partial charge in [0, 0.05) is 12.6 Å². The van der Waals surface area contributed by atoms with Gasteiger partial charge >= 0.3 is 0 Å². The molecule has 1 aromatic rings. The first-order valence-electron chi connectivity index (χ1n) is 8.33. The number of hydrogen-bond donors (Lipinski definition) is 0. The molecule has 0 aliphatic rings. The topological polar surface area (TPSA) is 40.0 Å². The van der Waals surface area contributed by atoms with E-state index < -0.39 is 0 Å². The van der Waals surface area contributed by atoms with Crippen LogP contribution in [0, 0.1) is 6.92 Å². The van der Waals surface area contributed by atoms with E-state index in [4.69, 9.17) is 37.5 Å². The Kier molecular flexibility index (Phi) is 9.15. The predicted molar refractivity (Wildman–Crippen MR) is 105 cm³/mol. The number of rotatable bonds is 9. The van der Waals surface area contributed by atoms with E-state index in [2.05, 4.69) is 12.1 Å². The van der Waals surface area contributed by atoms with E-state index in [9.17, 15) is 0 Å². The lowest BCUT2D eigenvalue weighted by Gasteiger charge is -2.16. The van der Waals surface area contributed by atoms with Crippen LogP contribution in [0.3, 0.4) is 0 Å². The van der Waals surface area contributed by atoms with Crippen molar-refractivity contribution >= 4 is 29.4 Å². The zero-order valence-corrected chi connectivity index (χ0v) is 17.1. The molecule has 0 saturated carbocycles. The Bertz CT molecular complexity index is 603. The number of oxime groups is 1. The molecule has 6 heteroatoms. The van der Waals surface area contributed by atoms with E-state index in [-0.39, 0.29) is 10.1 Å². The van der Waals surface area contributed by atoms with Gasteiger partial charge in [-0.15, -0.1) is 0 Å². The van der Waals surface area contributed by atoms with Crippen molar-refractivity contribution in [3.63, 3.8) is 0 Å². The molecule has 0 amide bonds. The molecule has 25 heavy (non-hydrogen) atoms. The Morgan fingerprint density at radius 3 is 2.52 bits per heavy atom. The van der Waals surface area contributed by atoms with Crippen LogP contribution < -0.4 is 9.47 Å². The molecule has 0 N–H and O–H groups in total. The number of nitrogens with zero attached hydrogens (tertiary/aromatic N) is 1. The molecule has 0 radical (unpaired) electrons. The lowest BCUT2D eigenvalue weighted by molar-refractivity contribution is 0.00148. The van der Waals surface area contributed by atoms with Crippen LogP contribution in [-0.2, 0) is 11.3 Å². The first-order chi connectivity index (χ1) is 11.7. The zero-order chi connectivity index (χ0) is 18.9. The molecule has 0 aliphatic carbocycles. The van der Waals surface area contributed by atoms with Crippen molar-refractivity contribution < 1.29 is 14.3 Å². The van der Waals surface area contributed by atoms with Gasteiger partial charge in [0.05, 0.1) is 6.61 Å². The Balaban J connectivity index is 2.63. The summed E-state index contributed by atoms with van der Waals surface area (Å²) in [5.41, 5.74) is 1.85. The Hall–Kier alpha value is -1.39. The van der Waals surface area contributed by atoms with E-state index >= 15 is 0 Å². The minimum Gasteiger partial charge on any atom is -0.493 e. The molecule has 140 valence electrons. The van der Waals surface area contributed by atoms with Crippen LogP contribution in [0.15, 0.2) is 27.9 Å². The van der Waals surface area contributed by atoms with Gasteiger partial charge in [0.15, 0.2) is 0 Å². The normalized spacial score (nSPS) is 11.5. The van der Waals surface area contributed by atoms with Crippen molar-refractivity contribution in [2.45, 2.75) is 53.1 Å². The lowest BCUT2D eigenvalue weighted by Crippen LogP contribution is -2.15. The van der Waals surface area contributed by atoms with Gasteiger partial charge in [0.2, 0.25) is 0 Å². The highest BCUT2D eigenvalue weighted by molar-refractivity contribution is 6.55. The molecule has 0 spiro atoms. The number of benzene rings is 1. The first kappa shape index (κ1) is 21.7. The van der Waals surface area contributed by atoms with Crippen LogP contribution in [0.2, 0.25) is 0 Å². The van der Waals surface area contributed by atoms with Crippen molar-refractivity contribution in [3.8, 4) is 11.5 Å². The number of aryl methyl sites for hydroxylation is 2. The molecule has 0 heterocycles. The molecule has 0 aromatic heterocycles. The summed E-state index contributed by atoms with van der Waals surface area (Å²) in [6.07, 6.45) is 4.86. The van der Waals surface area contributed by atoms with Crippen molar-refractivity contribution in [1.82, 2.24) is 0 Å². The second-order valence-corrected chi connectivity index (χ2v) is 7.52. The SMILES string of the molecule is CCc1cc(OCC=C(Cl)Cl)cc(C)c1OCC/C=N/OC(C)(C)C. The predicted octanol–water partition coefficient (Wildman–Crippen LogP) is 5.83. The Labute approximate surface area is 160 Å². The molecular formula is C19H27Cl2NO3. The number of ether oxygens (including phenoxy) is 2. The molecular weight excluding hydrogens is 361 g/mol. The second-order valence-electron chi connectivity index (χ2n) is 6.52. The first-order valence-corrected chi connectivity index (χ1v) is 9.08. The number of hydrogen-bond acceptors (Lipinski definition) is 4. The summed E-state index contributed by atoms with van der Waals surface area (Å²) >= 11 is 11.2. The largest absolute Gasteiger partial charge is 0.493 e. The fourth-order valence-electron chi connectivity index (χ4n) is 2.03. The van der Waals surface area contributed by atoms with Gasteiger partial charge in [-0.25, -0.2) is 0 Å². The Morgan fingerprint density at radius 1 is 1.20 bits per heavy atom. The maximum absolute atomic E-state index is 5.93. The van der Waals surface area contributed by atoms with Crippen molar-refractivity contribution in [2.75, 3.05) is 13.2 Å². The standard InChI is InChI=1S/C19H27Cl2NO3/c1-6-15-13-16(23-11-8-17(20)21)12-14(2)18(15)24-10-7-9-22-25-19(3,4)5/h8-9,12-13H,6-7,10-11H2,1-5H3/b22-9+. The van der Waals surface area contributed by atoms with Gasteiger partial charge in [0.1, 0.15) is 28.2 Å². The highest BCUT2D eigenvalue weighted by Gasteiger charge is 2.10. The molecule has 4 nitrogen and oxygen atoms in total. The maximum Gasteiger partial charge on any atom is 0.129 e. The van der Waals surface area contributed by atoms with Crippen LogP contribution in [0.4, 0.5) is 0 Å². The van der Waals surface area contributed by atoms with Gasteiger partial charge in [-0.3, -0.25) is 0 Å². The summed E-state index contributed by atoms with van der Waals surface area (Å²) in [6.45, 7) is 10.8. The lowest BCUT2D eigenvalue weighted by atomic mass is 10.1. The average Bonchev–Trinajstić information content (AvgIpc) is 2.50. The van der Waals surface area contributed by atoms with Gasteiger partial charge in [0.25, 0.3) is 0 Å². The van der Waals surface area contributed by atoms with Crippen LogP contribution in [-0.4, -0.2) is 25.0 Å². The Morgan fingerprint density at radius 2 is 1.92 bits per heavy atom. The van der Waals surface area contributed by atoms with E-state index in [0.717, 1.165) is 29.0 Å². The molecule has 1 rings (SSSR count). The van der Waals surface area contributed by atoms with E-state index in [1.54, 1.807) is 12.3 Å². The monoisotopic (exact) mass is 387 g/mol. The maximum atomic E-state index is 5.93. The fourth-order valence-corrected chi connectivity index (χ4v) is 2.15. The third kappa shape index (κ3) is 9.03. The minimum absolute atomic E-state index is 0.199. The molecule has 1 aromatic carbocycles. The molecule has 0 saturated heterocycles. The van der Waals surface area contributed by atoms with Crippen molar-refractivity contribution in [1.29, 1.82) is 0 Å². The molecule has 0 bridgehead atoms. The number of halogens is 2. The summed E-state index contributed by atoms with van der Waals surface area (Å²) in [6, 6.07) is 3.93. The van der Waals surface area contributed by atoms with Crippen LogP contribution in [0.5, 0.6) is 11.5 Å². The van der Waals surface area contributed by atoms with E-state index in [1.165, 1.54) is 0 Å². The fraction of sp³-hybridized carbons (Fsp3) is 0.526. The highest BCUT2D eigenvalue weighted by Crippen LogP contribution is 2.30. The quantitative estimate of drug-likeness (QED) is 0.304. The van der Waals surface area contributed by atoms with Gasteiger partial charge in [-0.05, 0) is 63.5 Å². The average molecular weight is 388 g/mol. The zero-order valence-electron chi connectivity index (χ0n) is 15.6. The highest BCUT2D eigenvalue weighted by atomic mass is 35.5. The third-order valence-electron chi connectivity index (χ3n) is 3.09. The summed E-state index contributed by atoms with van der Waals surface area (Å²) in [5, 5.41) is 3.95. The van der Waals surface area contributed by atoms with Crippen molar-refractivity contribution in [3.05, 3.63) is 33.8 Å². The molecule has 0 fully saturated rings. The minimum atomic E-state index is -0.276. The van der Waals surface area contributed by atoms with Gasteiger partial charge in [-0.1, -0.05) is 35.3 Å². The van der Waals surface area contributed by atoms with E-state index in [0.29, 0.717) is 19.6 Å². The second kappa shape index (κ2) is 10.6. The van der Waals surface area contributed by atoms with Crippen LogP contribution in [0.25, 0.3) is 0 Å². The summed E-state index contributed by atoms with van der Waals surface area (Å²) < 4.78 is 11.8.